The molecule has 0 aliphatic rings. The first kappa shape index (κ1) is 17.5. The van der Waals surface area contributed by atoms with Crippen molar-refractivity contribution in [1.29, 1.82) is 0 Å². The number of nitrogens with zero attached hydrogens (tertiary/aromatic N) is 1. The number of benzene rings is 1. The normalized spacial score (nSPS) is 11.4. The second-order valence-corrected chi connectivity index (χ2v) is 6.50. The summed E-state index contributed by atoms with van der Waals surface area (Å²) in [7, 11) is -3.64. The van der Waals surface area contributed by atoms with Crippen molar-refractivity contribution in [3.05, 3.63) is 23.8 Å². The van der Waals surface area contributed by atoms with E-state index in [0.717, 1.165) is 5.56 Å². The third-order valence-corrected chi connectivity index (χ3v) is 4.77. The largest absolute Gasteiger partial charge is 0.398 e. The first-order valence-corrected chi connectivity index (χ1v) is 8.43. The summed E-state index contributed by atoms with van der Waals surface area (Å²) >= 11 is 0. The Morgan fingerprint density at radius 3 is 2.43 bits per heavy atom. The second kappa shape index (κ2) is 7.42. The molecule has 0 unspecified atom stereocenters. The summed E-state index contributed by atoms with van der Waals surface area (Å²) in [5.74, 6) is -0.0638. The molecule has 0 saturated heterocycles. The number of nitrogens with two attached hydrogens (primary N) is 1. The summed E-state index contributed by atoms with van der Waals surface area (Å²) in [6, 6.07) is 4.58. The Hall–Kier alpha value is -1.60. The number of nitrogen functional groups attached to an aromatic ring is 1. The SMILES string of the molecule is CCN(CC)C(=O)CCNS(=O)(=O)c1ccc(C)c(N)c1. The average Bonchev–Trinajstić information content (AvgIpc) is 2.43. The zero-order valence-corrected chi connectivity index (χ0v) is 13.5. The molecule has 0 aliphatic heterocycles. The quantitative estimate of drug-likeness (QED) is 0.738. The molecule has 118 valence electrons. The van der Waals surface area contributed by atoms with Crippen LogP contribution in [-0.2, 0) is 14.8 Å². The number of hydrogen-bond acceptors (Lipinski definition) is 4. The topological polar surface area (TPSA) is 92.5 Å². The molecule has 3 N–H and O–H groups in total. The molecule has 0 atom stereocenters. The van der Waals surface area contributed by atoms with Crippen LogP contribution >= 0.6 is 0 Å². The highest BCUT2D eigenvalue weighted by Gasteiger charge is 2.16. The van der Waals surface area contributed by atoms with E-state index >= 15 is 0 Å². The number of nitrogens with one attached hydrogen (secondary N) is 1. The Balaban J connectivity index is 2.65. The lowest BCUT2D eigenvalue weighted by atomic mass is 10.2. The molecule has 0 radical (unpaired) electrons. The molecular weight excluding hydrogens is 290 g/mol. The van der Waals surface area contributed by atoms with Crippen LogP contribution in [-0.4, -0.2) is 38.9 Å². The fourth-order valence-electron chi connectivity index (χ4n) is 1.90. The molecule has 1 aromatic carbocycles. The number of carbonyl (C=O) groups excluding carboxylic acids is 1. The van der Waals surface area contributed by atoms with Crippen LogP contribution in [0.4, 0.5) is 5.69 Å². The van der Waals surface area contributed by atoms with Crippen LogP contribution in [0.15, 0.2) is 23.1 Å². The van der Waals surface area contributed by atoms with Gasteiger partial charge < -0.3 is 10.6 Å². The van der Waals surface area contributed by atoms with Gasteiger partial charge >= 0.3 is 0 Å². The van der Waals surface area contributed by atoms with Crippen molar-refractivity contribution in [2.24, 2.45) is 0 Å². The molecule has 0 fully saturated rings. The molecule has 1 amide bonds. The van der Waals surface area contributed by atoms with Crippen molar-refractivity contribution >= 4 is 21.6 Å². The molecule has 0 saturated carbocycles. The summed E-state index contributed by atoms with van der Waals surface area (Å²) < 4.78 is 26.6. The van der Waals surface area contributed by atoms with Gasteiger partial charge in [0.1, 0.15) is 0 Å². The first-order valence-electron chi connectivity index (χ1n) is 6.95. The van der Waals surface area contributed by atoms with Crippen LogP contribution in [0.25, 0.3) is 0 Å². The van der Waals surface area contributed by atoms with Gasteiger partial charge in [0.2, 0.25) is 15.9 Å². The van der Waals surface area contributed by atoms with Crippen molar-refractivity contribution in [1.82, 2.24) is 9.62 Å². The van der Waals surface area contributed by atoms with E-state index in [0.29, 0.717) is 18.8 Å². The minimum Gasteiger partial charge on any atom is -0.398 e. The number of aryl methyl sites for hydroxylation is 1. The summed E-state index contributed by atoms with van der Waals surface area (Å²) in [4.78, 5) is 13.6. The fraction of sp³-hybridized carbons (Fsp3) is 0.500. The van der Waals surface area contributed by atoms with Crippen molar-refractivity contribution in [3.63, 3.8) is 0 Å². The lowest BCUT2D eigenvalue weighted by Gasteiger charge is -2.18. The Morgan fingerprint density at radius 2 is 1.90 bits per heavy atom. The van der Waals surface area contributed by atoms with Gasteiger partial charge in [0.15, 0.2) is 0 Å². The minimum atomic E-state index is -3.64. The van der Waals surface area contributed by atoms with E-state index in [4.69, 9.17) is 5.73 Å². The van der Waals surface area contributed by atoms with Crippen LogP contribution in [0.1, 0.15) is 25.8 Å². The summed E-state index contributed by atoms with van der Waals surface area (Å²) in [6.45, 7) is 6.90. The molecule has 0 bridgehead atoms. The van der Waals surface area contributed by atoms with E-state index in [9.17, 15) is 13.2 Å². The Kier molecular flexibility index (Phi) is 6.17. The molecule has 21 heavy (non-hydrogen) atoms. The van der Waals surface area contributed by atoms with E-state index in [1.54, 1.807) is 11.0 Å². The van der Waals surface area contributed by atoms with Gasteiger partial charge in [-0.05, 0) is 38.5 Å². The van der Waals surface area contributed by atoms with Crippen molar-refractivity contribution < 1.29 is 13.2 Å². The molecule has 1 rings (SSSR count). The van der Waals surface area contributed by atoms with Crippen LogP contribution in [0, 0.1) is 6.92 Å². The Bertz CT molecular complexity index is 595. The first-order chi connectivity index (χ1) is 9.81. The smallest absolute Gasteiger partial charge is 0.240 e. The molecule has 0 heterocycles. The van der Waals surface area contributed by atoms with Gasteiger partial charge in [0, 0.05) is 31.7 Å². The number of amides is 1. The second-order valence-electron chi connectivity index (χ2n) is 4.73. The number of sulfonamides is 1. The predicted molar refractivity (Wildman–Crippen MR) is 83.3 cm³/mol. The lowest BCUT2D eigenvalue weighted by Crippen LogP contribution is -2.34. The molecule has 6 nitrogen and oxygen atoms in total. The van der Waals surface area contributed by atoms with E-state index in [-0.39, 0.29) is 23.8 Å². The summed E-state index contributed by atoms with van der Waals surface area (Å²) in [6.07, 6.45) is 0.141. The number of rotatable bonds is 7. The standard InChI is InChI=1S/C14H23N3O3S/c1-4-17(5-2)14(18)8-9-16-21(19,20)12-7-6-11(3)13(15)10-12/h6-7,10,16H,4-5,8-9,15H2,1-3H3. The Morgan fingerprint density at radius 1 is 1.29 bits per heavy atom. The number of carbonyl (C=O) groups is 1. The van der Waals surface area contributed by atoms with E-state index < -0.39 is 10.0 Å². The van der Waals surface area contributed by atoms with Crippen LogP contribution in [0.5, 0.6) is 0 Å². The van der Waals surface area contributed by atoms with Gasteiger partial charge in [-0.1, -0.05) is 6.07 Å². The fourth-order valence-corrected chi connectivity index (χ4v) is 2.96. The zero-order chi connectivity index (χ0) is 16.0. The maximum absolute atomic E-state index is 12.1. The van der Waals surface area contributed by atoms with Gasteiger partial charge in [0.05, 0.1) is 4.90 Å². The monoisotopic (exact) mass is 313 g/mol. The number of anilines is 1. The van der Waals surface area contributed by atoms with E-state index in [1.165, 1.54) is 12.1 Å². The van der Waals surface area contributed by atoms with Crippen molar-refractivity contribution in [2.75, 3.05) is 25.4 Å². The van der Waals surface area contributed by atoms with E-state index in [1.807, 2.05) is 20.8 Å². The Labute approximate surface area is 126 Å². The van der Waals surface area contributed by atoms with Gasteiger partial charge in [-0.3, -0.25) is 4.79 Å². The molecule has 1 aromatic rings. The van der Waals surface area contributed by atoms with Gasteiger partial charge in [-0.15, -0.1) is 0 Å². The zero-order valence-electron chi connectivity index (χ0n) is 12.7. The highest BCUT2D eigenvalue weighted by Crippen LogP contribution is 2.16. The summed E-state index contributed by atoms with van der Waals surface area (Å²) in [5.41, 5.74) is 6.97. The minimum absolute atomic E-state index is 0.0638. The lowest BCUT2D eigenvalue weighted by molar-refractivity contribution is -0.130. The van der Waals surface area contributed by atoms with Crippen LogP contribution in [0.2, 0.25) is 0 Å². The third kappa shape index (κ3) is 4.71. The third-order valence-electron chi connectivity index (χ3n) is 3.31. The highest BCUT2D eigenvalue weighted by molar-refractivity contribution is 7.89. The summed E-state index contributed by atoms with van der Waals surface area (Å²) in [5, 5.41) is 0. The van der Waals surface area contributed by atoms with Gasteiger partial charge in [-0.2, -0.15) is 0 Å². The molecule has 7 heteroatoms. The number of hydrogen-bond donors (Lipinski definition) is 2. The molecule has 0 aromatic heterocycles. The highest BCUT2D eigenvalue weighted by atomic mass is 32.2. The predicted octanol–water partition coefficient (Wildman–Crippen LogP) is 1.11. The van der Waals surface area contributed by atoms with Crippen molar-refractivity contribution in [2.45, 2.75) is 32.1 Å². The van der Waals surface area contributed by atoms with Gasteiger partial charge in [0.25, 0.3) is 0 Å². The van der Waals surface area contributed by atoms with Gasteiger partial charge in [-0.25, -0.2) is 13.1 Å². The van der Waals surface area contributed by atoms with Crippen molar-refractivity contribution in [3.8, 4) is 0 Å². The molecular formula is C14H23N3O3S. The van der Waals surface area contributed by atoms with E-state index in [2.05, 4.69) is 4.72 Å². The molecule has 0 aliphatic carbocycles. The van der Waals surface area contributed by atoms with Crippen LogP contribution < -0.4 is 10.5 Å². The van der Waals surface area contributed by atoms with Crippen LogP contribution in [0.3, 0.4) is 0 Å². The molecule has 0 spiro atoms. The average molecular weight is 313 g/mol. The maximum Gasteiger partial charge on any atom is 0.240 e. The maximum atomic E-state index is 12.1.